The number of aliphatic carboxylic acids is 1. The molecule has 1 fully saturated rings. The largest absolute Gasteiger partial charge is 0.480 e. The van der Waals surface area contributed by atoms with Crippen LogP contribution in [0.1, 0.15) is 16.5 Å². The second kappa shape index (κ2) is 6.10. The fourth-order valence-electron chi connectivity index (χ4n) is 1.51. The summed E-state index contributed by atoms with van der Waals surface area (Å²) in [6, 6.07) is 0.197. The molecule has 2 amide bonds. The highest BCUT2D eigenvalue weighted by atomic mass is 16.4. The Morgan fingerprint density at radius 2 is 2.10 bits per heavy atom. The summed E-state index contributed by atoms with van der Waals surface area (Å²) in [5.41, 5.74) is 0.114. The third-order valence-electron chi connectivity index (χ3n) is 2.72. The molecule has 1 aromatic heterocycles. The number of nitrogens with zero attached hydrogens (tertiary/aromatic N) is 3. The van der Waals surface area contributed by atoms with E-state index in [2.05, 4.69) is 26.3 Å². The van der Waals surface area contributed by atoms with E-state index in [4.69, 9.17) is 5.11 Å². The van der Waals surface area contributed by atoms with Gasteiger partial charge in [0.15, 0.2) is 5.69 Å². The predicted octanol–water partition coefficient (Wildman–Crippen LogP) is -2.65. The van der Waals surface area contributed by atoms with Crippen molar-refractivity contribution < 1.29 is 19.5 Å². The molecule has 1 saturated heterocycles. The molecule has 0 aliphatic carbocycles. The van der Waals surface area contributed by atoms with E-state index in [0.29, 0.717) is 0 Å². The van der Waals surface area contributed by atoms with Crippen LogP contribution in [0.5, 0.6) is 0 Å². The minimum absolute atomic E-state index is 0.114. The average molecular weight is 282 g/mol. The highest BCUT2D eigenvalue weighted by Gasteiger charge is 2.21. The standard InChI is InChI=1S/C10H14N6O4/c17-8(12-4-9(18)19)3-13-10(20)7-5-16(15-14-7)6-1-11-2-6/h5-6,11H,1-4H2,(H,12,17)(H,13,20)(H,18,19). The molecule has 1 aromatic rings. The van der Waals surface area contributed by atoms with E-state index in [1.54, 1.807) is 4.68 Å². The molecule has 0 bridgehead atoms. The molecule has 2 rings (SSSR count). The number of hydrogen-bond donors (Lipinski definition) is 4. The van der Waals surface area contributed by atoms with Crippen LogP contribution in [0, 0.1) is 0 Å². The van der Waals surface area contributed by atoms with E-state index in [-0.39, 0.29) is 18.3 Å². The maximum absolute atomic E-state index is 11.7. The summed E-state index contributed by atoms with van der Waals surface area (Å²) in [6.45, 7) is 0.757. The molecule has 0 unspecified atom stereocenters. The van der Waals surface area contributed by atoms with Crippen LogP contribution in [0.2, 0.25) is 0 Å². The van der Waals surface area contributed by atoms with E-state index < -0.39 is 24.3 Å². The lowest BCUT2D eigenvalue weighted by molar-refractivity contribution is -0.137. The molecule has 0 radical (unpaired) electrons. The van der Waals surface area contributed by atoms with Crippen molar-refractivity contribution in [2.24, 2.45) is 0 Å². The number of carbonyl (C=O) groups excluding carboxylic acids is 2. The Hall–Kier alpha value is -2.49. The first-order valence-electron chi connectivity index (χ1n) is 5.95. The Labute approximate surface area is 113 Å². The van der Waals surface area contributed by atoms with Crippen molar-refractivity contribution in [1.82, 2.24) is 30.9 Å². The van der Waals surface area contributed by atoms with Crippen LogP contribution in [-0.2, 0) is 9.59 Å². The molecule has 0 saturated carbocycles. The molecule has 4 N–H and O–H groups in total. The highest BCUT2D eigenvalue weighted by molar-refractivity contribution is 5.94. The van der Waals surface area contributed by atoms with Crippen LogP contribution in [-0.4, -0.2) is 64.1 Å². The fraction of sp³-hybridized carbons (Fsp3) is 0.500. The van der Waals surface area contributed by atoms with Crippen LogP contribution >= 0.6 is 0 Å². The van der Waals surface area contributed by atoms with Crippen molar-refractivity contribution in [1.29, 1.82) is 0 Å². The molecule has 1 aliphatic rings. The Morgan fingerprint density at radius 3 is 2.70 bits per heavy atom. The van der Waals surface area contributed by atoms with Crippen molar-refractivity contribution in [2.45, 2.75) is 6.04 Å². The van der Waals surface area contributed by atoms with Crippen LogP contribution in [0.15, 0.2) is 6.20 Å². The molecule has 20 heavy (non-hydrogen) atoms. The minimum Gasteiger partial charge on any atom is -0.480 e. The molecular formula is C10H14N6O4. The smallest absolute Gasteiger partial charge is 0.322 e. The lowest BCUT2D eigenvalue weighted by Crippen LogP contribution is -2.43. The number of carboxylic acid groups (broad SMARTS) is 1. The zero-order chi connectivity index (χ0) is 14.5. The van der Waals surface area contributed by atoms with Crippen LogP contribution in [0.25, 0.3) is 0 Å². The lowest BCUT2D eigenvalue weighted by Gasteiger charge is -2.26. The van der Waals surface area contributed by atoms with Gasteiger partial charge in [-0.05, 0) is 0 Å². The summed E-state index contributed by atoms with van der Waals surface area (Å²) in [4.78, 5) is 33.1. The zero-order valence-electron chi connectivity index (χ0n) is 10.5. The van der Waals surface area contributed by atoms with Gasteiger partial charge in [0.05, 0.1) is 18.8 Å². The summed E-state index contributed by atoms with van der Waals surface area (Å²) >= 11 is 0. The summed E-state index contributed by atoms with van der Waals surface area (Å²) in [5, 5.41) is 23.5. The molecule has 0 aromatic carbocycles. The Kier molecular flexibility index (Phi) is 4.25. The zero-order valence-corrected chi connectivity index (χ0v) is 10.5. The van der Waals surface area contributed by atoms with Crippen LogP contribution < -0.4 is 16.0 Å². The summed E-state index contributed by atoms with van der Waals surface area (Å²) in [6.07, 6.45) is 1.51. The van der Waals surface area contributed by atoms with Gasteiger partial charge >= 0.3 is 5.97 Å². The van der Waals surface area contributed by atoms with Gasteiger partial charge in [0.25, 0.3) is 5.91 Å². The van der Waals surface area contributed by atoms with Gasteiger partial charge in [0.1, 0.15) is 6.54 Å². The third kappa shape index (κ3) is 3.51. The Balaban J connectivity index is 1.78. The van der Waals surface area contributed by atoms with Gasteiger partial charge in [-0.1, -0.05) is 5.21 Å². The van der Waals surface area contributed by atoms with Crippen molar-refractivity contribution >= 4 is 17.8 Å². The van der Waals surface area contributed by atoms with Gasteiger partial charge in [0, 0.05) is 13.1 Å². The predicted molar refractivity (Wildman–Crippen MR) is 64.9 cm³/mol. The molecule has 10 heteroatoms. The second-order valence-electron chi connectivity index (χ2n) is 4.25. The number of hydrogen-bond acceptors (Lipinski definition) is 6. The van der Waals surface area contributed by atoms with Gasteiger partial charge in [-0.15, -0.1) is 5.10 Å². The van der Waals surface area contributed by atoms with Crippen molar-refractivity contribution in [3.05, 3.63) is 11.9 Å². The normalized spacial score (nSPS) is 14.4. The summed E-state index contributed by atoms with van der Waals surface area (Å²) < 4.78 is 1.59. The SMILES string of the molecule is O=C(O)CNC(=O)CNC(=O)c1cn(C2CNC2)nn1. The molecular weight excluding hydrogens is 268 g/mol. The first-order chi connectivity index (χ1) is 9.56. The van der Waals surface area contributed by atoms with Crippen molar-refractivity contribution in [2.75, 3.05) is 26.2 Å². The van der Waals surface area contributed by atoms with Crippen molar-refractivity contribution in [3.8, 4) is 0 Å². The van der Waals surface area contributed by atoms with E-state index in [0.717, 1.165) is 13.1 Å². The van der Waals surface area contributed by atoms with E-state index in [9.17, 15) is 14.4 Å². The molecule has 10 nitrogen and oxygen atoms in total. The van der Waals surface area contributed by atoms with E-state index in [1.165, 1.54) is 6.20 Å². The van der Waals surface area contributed by atoms with Crippen molar-refractivity contribution in [3.63, 3.8) is 0 Å². The number of aromatic nitrogens is 3. The van der Waals surface area contributed by atoms with Gasteiger partial charge in [-0.2, -0.15) is 0 Å². The molecule has 0 atom stereocenters. The Morgan fingerprint density at radius 1 is 1.35 bits per heavy atom. The highest BCUT2D eigenvalue weighted by Crippen LogP contribution is 2.09. The molecule has 1 aliphatic heterocycles. The topological polar surface area (TPSA) is 138 Å². The second-order valence-corrected chi connectivity index (χ2v) is 4.25. The molecule has 2 heterocycles. The fourth-order valence-corrected chi connectivity index (χ4v) is 1.51. The van der Waals surface area contributed by atoms with Crippen LogP contribution in [0.3, 0.4) is 0 Å². The number of rotatable bonds is 6. The minimum atomic E-state index is -1.15. The Bertz CT molecular complexity index is 524. The summed E-state index contributed by atoms with van der Waals surface area (Å²) in [7, 11) is 0. The van der Waals surface area contributed by atoms with Gasteiger partial charge in [-0.3, -0.25) is 14.4 Å². The lowest BCUT2D eigenvalue weighted by atomic mass is 10.2. The van der Waals surface area contributed by atoms with E-state index >= 15 is 0 Å². The van der Waals surface area contributed by atoms with E-state index in [1.807, 2.05) is 0 Å². The van der Waals surface area contributed by atoms with Crippen LogP contribution in [0.4, 0.5) is 0 Å². The number of amides is 2. The number of carboxylic acids is 1. The molecule has 108 valence electrons. The number of carbonyl (C=O) groups is 3. The average Bonchev–Trinajstić information content (AvgIpc) is 2.80. The maximum Gasteiger partial charge on any atom is 0.322 e. The monoisotopic (exact) mass is 282 g/mol. The maximum atomic E-state index is 11.7. The third-order valence-corrected chi connectivity index (χ3v) is 2.72. The van der Waals surface area contributed by atoms with Gasteiger partial charge in [-0.25, -0.2) is 4.68 Å². The summed E-state index contributed by atoms with van der Waals surface area (Å²) in [5.74, 6) is -2.27. The first-order valence-corrected chi connectivity index (χ1v) is 5.95. The van der Waals surface area contributed by atoms with Gasteiger partial charge in [0.2, 0.25) is 5.91 Å². The first kappa shape index (κ1) is 13.9. The molecule has 0 spiro atoms. The number of nitrogens with one attached hydrogen (secondary N) is 3. The van der Waals surface area contributed by atoms with Gasteiger partial charge < -0.3 is 21.1 Å². The quantitative estimate of drug-likeness (QED) is 0.447.